The topological polar surface area (TPSA) is 72.8 Å². The number of nitrogens with zero attached hydrogens (tertiary/aromatic N) is 2. The van der Waals surface area contributed by atoms with E-state index in [9.17, 15) is 4.79 Å². The molecule has 1 N–H and O–H groups in total. The van der Waals surface area contributed by atoms with Crippen LogP contribution in [0.4, 0.5) is 0 Å². The standard InChI is InChI=1S/C18H17N3O3/c1-11-8-16(24-3)13(10-15(11)23-2)9-14-18(22)21-17(20-14)12-4-6-19-7-5-12/h4-10H,1-3H3,(H,20,21,22)/b14-9+. The van der Waals surface area contributed by atoms with Crippen molar-refractivity contribution in [2.75, 3.05) is 14.2 Å². The fourth-order valence-corrected chi connectivity index (χ4v) is 2.45. The Morgan fingerprint density at radius 1 is 1.08 bits per heavy atom. The summed E-state index contributed by atoms with van der Waals surface area (Å²) in [6.07, 6.45) is 4.99. The molecule has 122 valence electrons. The van der Waals surface area contributed by atoms with Crippen LogP contribution < -0.4 is 14.8 Å². The molecule has 3 rings (SSSR count). The lowest BCUT2D eigenvalue weighted by Crippen LogP contribution is -2.24. The minimum Gasteiger partial charge on any atom is -0.496 e. The first-order valence-electron chi connectivity index (χ1n) is 7.37. The molecule has 2 aromatic rings. The molecule has 0 saturated carbocycles. The van der Waals surface area contributed by atoms with Crippen molar-refractivity contribution in [3.63, 3.8) is 0 Å². The first kappa shape index (κ1) is 15.7. The third-order valence-corrected chi connectivity index (χ3v) is 3.69. The molecule has 0 atom stereocenters. The van der Waals surface area contributed by atoms with Gasteiger partial charge < -0.3 is 14.8 Å². The SMILES string of the molecule is COc1cc(/C=C2/N=C(c3ccncc3)NC2=O)c(OC)cc1C. The molecular formula is C18H17N3O3. The van der Waals surface area contributed by atoms with Gasteiger partial charge in [-0.3, -0.25) is 9.78 Å². The summed E-state index contributed by atoms with van der Waals surface area (Å²) in [6, 6.07) is 7.27. The van der Waals surface area contributed by atoms with Crippen molar-refractivity contribution in [1.82, 2.24) is 10.3 Å². The normalized spacial score (nSPS) is 15.2. The maximum atomic E-state index is 12.2. The van der Waals surface area contributed by atoms with Gasteiger partial charge in [-0.25, -0.2) is 4.99 Å². The Kier molecular flexibility index (Phi) is 4.29. The lowest BCUT2D eigenvalue weighted by Gasteiger charge is -2.10. The highest BCUT2D eigenvalue weighted by molar-refractivity contribution is 6.19. The molecule has 1 amide bonds. The number of methoxy groups -OCH3 is 2. The number of aromatic nitrogens is 1. The molecule has 0 unspecified atom stereocenters. The Hall–Kier alpha value is -3.15. The van der Waals surface area contributed by atoms with Gasteiger partial charge in [0, 0.05) is 23.5 Å². The summed E-state index contributed by atoms with van der Waals surface area (Å²) in [5.41, 5.74) is 2.79. The number of hydrogen-bond donors (Lipinski definition) is 1. The smallest absolute Gasteiger partial charge is 0.275 e. The van der Waals surface area contributed by atoms with E-state index in [0.29, 0.717) is 17.3 Å². The summed E-state index contributed by atoms with van der Waals surface area (Å²) < 4.78 is 10.7. The zero-order chi connectivity index (χ0) is 17.1. The number of amides is 1. The third kappa shape index (κ3) is 2.99. The molecule has 0 saturated heterocycles. The van der Waals surface area contributed by atoms with Crippen LogP contribution in [0.15, 0.2) is 47.3 Å². The van der Waals surface area contributed by atoms with Crippen molar-refractivity contribution >= 4 is 17.8 Å². The number of benzene rings is 1. The average Bonchev–Trinajstić information content (AvgIpc) is 2.97. The second kappa shape index (κ2) is 6.54. The number of pyridine rings is 1. The first-order valence-corrected chi connectivity index (χ1v) is 7.37. The molecule has 2 heterocycles. The quantitative estimate of drug-likeness (QED) is 0.877. The van der Waals surface area contributed by atoms with E-state index in [-0.39, 0.29) is 5.91 Å². The van der Waals surface area contributed by atoms with E-state index < -0.39 is 0 Å². The number of carbonyl (C=O) groups excluding carboxylic acids is 1. The number of rotatable bonds is 4. The highest BCUT2D eigenvalue weighted by Gasteiger charge is 2.21. The predicted octanol–water partition coefficient (Wildman–Crippen LogP) is 2.32. The van der Waals surface area contributed by atoms with Crippen LogP contribution in [0.2, 0.25) is 0 Å². The van der Waals surface area contributed by atoms with Gasteiger partial charge in [0.25, 0.3) is 5.91 Å². The molecule has 1 aliphatic rings. The van der Waals surface area contributed by atoms with E-state index in [2.05, 4.69) is 15.3 Å². The number of amidine groups is 1. The molecule has 24 heavy (non-hydrogen) atoms. The Labute approximate surface area is 139 Å². The van der Waals surface area contributed by atoms with Gasteiger partial charge in [-0.15, -0.1) is 0 Å². The minimum atomic E-state index is -0.261. The van der Waals surface area contributed by atoms with Crippen molar-refractivity contribution in [2.45, 2.75) is 6.92 Å². The van der Waals surface area contributed by atoms with Gasteiger partial charge in [0.1, 0.15) is 23.0 Å². The molecule has 0 fully saturated rings. The number of ether oxygens (including phenoxy) is 2. The van der Waals surface area contributed by atoms with Crippen LogP contribution in [0.25, 0.3) is 6.08 Å². The largest absolute Gasteiger partial charge is 0.496 e. The summed E-state index contributed by atoms with van der Waals surface area (Å²) in [5.74, 6) is 1.62. The lowest BCUT2D eigenvalue weighted by atomic mass is 10.1. The van der Waals surface area contributed by atoms with E-state index in [4.69, 9.17) is 9.47 Å². The molecule has 6 nitrogen and oxygen atoms in total. The summed E-state index contributed by atoms with van der Waals surface area (Å²) in [5, 5.41) is 2.76. The average molecular weight is 323 g/mol. The van der Waals surface area contributed by atoms with E-state index in [1.807, 2.05) is 19.1 Å². The van der Waals surface area contributed by atoms with Gasteiger partial charge >= 0.3 is 0 Å². The van der Waals surface area contributed by atoms with Crippen LogP contribution in [-0.2, 0) is 4.79 Å². The summed E-state index contributed by atoms with van der Waals surface area (Å²) in [4.78, 5) is 20.5. The lowest BCUT2D eigenvalue weighted by molar-refractivity contribution is -0.115. The van der Waals surface area contributed by atoms with Crippen LogP contribution in [0.5, 0.6) is 11.5 Å². The van der Waals surface area contributed by atoms with Crippen LogP contribution in [-0.4, -0.2) is 30.9 Å². The summed E-state index contributed by atoms with van der Waals surface area (Å²) >= 11 is 0. The van der Waals surface area contributed by atoms with Crippen molar-refractivity contribution < 1.29 is 14.3 Å². The first-order chi connectivity index (χ1) is 11.6. The molecule has 0 bridgehead atoms. The Morgan fingerprint density at radius 2 is 1.79 bits per heavy atom. The predicted molar refractivity (Wildman–Crippen MR) is 91.2 cm³/mol. The molecule has 1 aromatic carbocycles. The second-order valence-corrected chi connectivity index (χ2v) is 5.24. The van der Waals surface area contributed by atoms with Crippen LogP contribution in [0, 0.1) is 6.92 Å². The number of hydrogen-bond acceptors (Lipinski definition) is 5. The molecule has 1 aromatic heterocycles. The van der Waals surface area contributed by atoms with E-state index in [0.717, 1.165) is 22.4 Å². The van der Waals surface area contributed by atoms with Crippen LogP contribution >= 0.6 is 0 Å². The Morgan fingerprint density at radius 3 is 2.46 bits per heavy atom. The molecule has 0 aliphatic carbocycles. The highest BCUT2D eigenvalue weighted by Crippen LogP contribution is 2.30. The second-order valence-electron chi connectivity index (χ2n) is 5.24. The van der Waals surface area contributed by atoms with Gasteiger partial charge in [-0.1, -0.05) is 0 Å². The summed E-state index contributed by atoms with van der Waals surface area (Å²) in [7, 11) is 3.19. The third-order valence-electron chi connectivity index (χ3n) is 3.69. The van der Waals surface area contributed by atoms with Crippen molar-refractivity contribution in [3.8, 4) is 11.5 Å². The van der Waals surface area contributed by atoms with Gasteiger partial charge in [-0.05, 0) is 42.8 Å². The fraction of sp³-hybridized carbons (Fsp3) is 0.167. The molecular weight excluding hydrogens is 306 g/mol. The van der Waals surface area contributed by atoms with E-state index in [1.165, 1.54) is 0 Å². The van der Waals surface area contributed by atoms with Crippen molar-refractivity contribution in [2.24, 2.45) is 4.99 Å². The Balaban J connectivity index is 2.02. The molecule has 6 heteroatoms. The van der Waals surface area contributed by atoms with Gasteiger partial charge in [0.15, 0.2) is 0 Å². The molecule has 1 aliphatic heterocycles. The van der Waals surface area contributed by atoms with Crippen LogP contribution in [0.1, 0.15) is 16.7 Å². The Bertz CT molecular complexity index is 842. The van der Waals surface area contributed by atoms with Gasteiger partial charge in [-0.2, -0.15) is 0 Å². The zero-order valence-corrected chi connectivity index (χ0v) is 13.7. The van der Waals surface area contributed by atoms with Gasteiger partial charge in [0.05, 0.1) is 14.2 Å². The molecule has 0 radical (unpaired) electrons. The zero-order valence-electron chi connectivity index (χ0n) is 13.7. The van der Waals surface area contributed by atoms with Gasteiger partial charge in [0.2, 0.25) is 0 Å². The molecule has 0 spiro atoms. The number of carbonyl (C=O) groups is 1. The highest BCUT2D eigenvalue weighted by atomic mass is 16.5. The monoisotopic (exact) mass is 323 g/mol. The number of aliphatic imine (C=N–C) groups is 1. The maximum absolute atomic E-state index is 12.2. The van der Waals surface area contributed by atoms with Crippen molar-refractivity contribution in [1.29, 1.82) is 0 Å². The maximum Gasteiger partial charge on any atom is 0.275 e. The summed E-state index contributed by atoms with van der Waals surface area (Å²) in [6.45, 7) is 1.93. The van der Waals surface area contributed by atoms with E-state index in [1.54, 1.807) is 44.8 Å². The number of nitrogens with one attached hydrogen (secondary N) is 1. The number of aryl methyl sites for hydroxylation is 1. The minimum absolute atomic E-state index is 0.261. The van der Waals surface area contributed by atoms with E-state index >= 15 is 0 Å². The fourth-order valence-electron chi connectivity index (χ4n) is 2.45. The van der Waals surface area contributed by atoms with Crippen LogP contribution in [0.3, 0.4) is 0 Å². The van der Waals surface area contributed by atoms with Crippen molar-refractivity contribution in [3.05, 3.63) is 59.0 Å².